The topological polar surface area (TPSA) is 0 Å². The molecule has 0 N–H and O–H groups in total. The van der Waals surface area contributed by atoms with Crippen molar-refractivity contribution in [2.24, 2.45) is 0 Å². The van der Waals surface area contributed by atoms with Gasteiger partial charge in [-0.3, -0.25) is 0 Å². The molecule has 0 aliphatic heterocycles. The zero-order valence-electron chi connectivity index (χ0n) is 4.08. The minimum atomic E-state index is 1.09. The average Bonchev–Trinajstić information content (AvgIpc) is 1.61. The molecule has 0 aromatic carbocycles. The molecule has 0 aromatic heterocycles. The molecule has 0 aromatic rings. The molecule has 0 saturated heterocycles. The Bertz CT molecular complexity index is 61.1. The van der Waals surface area contributed by atoms with Gasteiger partial charge in [-0.2, -0.15) is 0 Å². The molecule has 0 unspecified atom stereocenters. The Morgan fingerprint density at radius 3 is 2.43 bits per heavy atom. The molecule has 0 amide bonds. The van der Waals surface area contributed by atoms with Crippen molar-refractivity contribution in [2.45, 2.75) is 12.8 Å². The van der Waals surface area contributed by atoms with Crippen molar-refractivity contribution in [1.82, 2.24) is 0 Å². The van der Waals surface area contributed by atoms with Gasteiger partial charge in [0.05, 0.1) is 0 Å². The Balaban J connectivity index is 2.82. The van der Waals surface area contributed by atoms with Crippen LogP contribution in [-0.4, -0.2) is 5.33 Å². The third-order valence-electron chi connectivity index (χ3n) is 0.582. The average molecular weight is 275 g/mol. The van der Waals surface area contributed by atoms with Crippen molar-refractivity contribution in [3.8, 4) is 0 Å². The highest BCUT2D eigenvalue weighted by Crippen LogP contribution is 2.10. The molecule has 0 saturated carbocycles. The SMILES string of the molecule is C=C(I)CCCBr. The molecular weight excluding hydrogens is 267 g/mol. The van der Waals surface area contributed by atoms with Gasteiger partial charge in [0.2, 0.25) is 0 Å². The first-order chi connectivity index (χ1) is 3.27. The van der Waals surface area contributed by atoms with Crippen LogP contribution in [-0.2, 0) is 0 Å². The van der Waals surface area contributed by atoms with Crippen molar-refractivity contribution < 1.29 is 0 Å². The van der Waals surface area contributed by atoms with Crippen molar-refractivity contribution in [2.75, 3.05) is 5.33 Å². The van der Waals surface area contributed by atoms with E-state index in [9.17, 15) is 0 Å². The summed E-state index contributed by atoms with van der Waals surface area (Å²) in [5.74, 6) is 0. The van der Waals surface area contributed by atoms with Crippen LogP contribution < -0.4 is 0 Å². The minimum absolute atomic E-state index is 1.09. The van der Waals surface area contributed by atoms with Crippen molar-refractivity contribution in [1.29, 1.82) is 0 Å². The summed E-state index contributed by atoms with van der Waals surface area (Å²) in [6, 6.07) is 0. The van der Waals surface area contributed by atoms with E-state index in [2.05, 4.69) is 45.1 Å². The molecule has 0 radical (unpaired) electrons. The van der Waals surface area contributed by atoms with E-state index in [1.807, 2.05) is 0 Å². The zero-order valence-corrected chi connectivity index (χ0v) is 7.83. The lowest BCUT2D eigenvalue weighted by atomic mass is 10.3. The summed E-state index contributed by atoms with van der Waals surface area (Å²) in [5, 5.41) is 1.09. The lowest BCUT2D eigenvalue weighted by Gasteiger charge is -1.89. The van der Waals surface area contributed by atoms with Crippen LogP contribution in [0.5, 0.6) is 0 Å². The van der Waals surface area contributed by atoms with E-state index in [0.717, 1.165) is 11.8 Å². The van der Waals surface area contributed by atoms with Crippen LogP contribution in [0.25, 0.3) is 0 Å². The lowest BCUT2D eigenvalue weighted by Crippen LogP contribution is -1.71. The minimum Gasteiger partial charge on any atom is -0.0928 e. The van der Waals surface area contributed by atoms with Gasteiger partial charge in [-0.15, -0.1) is 0 Å². The largest absolute Gasteiger partial charge is 0.0928 e. The first-order valence-electron chi connectivity index (χ1n) is 2.16. The second kappa shape index (κ2) is 5.09. The fourth-order valence-electron chi connectivity index (χ4n) is 0.259. The lowest BCUT2D eigenvalue weighted by molar-refractivity contribution is 0.977. The van der Waals surface area contributed by atoms with E-state index in [-0.39, 0.29) is 0 Å². The summed E-state index contributed by atoms with van der Waals surface area (Å²) in [6.45, 7) is 3.76. The first kappa shape index (κ1) is 7.95. The molecule has 0 heterocycles. The van der Waals surface area contributed by atoms with Crippen molar-refractivity contribution in [3.63, 3.8) is 0 Å². The van der Waals surface area contributed by atoms with Crippen LogP contribution in [0.3, 0.4) is 0 Å². The molecule has 0 rings (SSSR count). The van der Waals surface area contributed by atoms with Gasteiger partial charge in [0.25, 0.3) is 0 Å². The second-order valence-electron chi connectivity index (χ2n) is 1.31. The van der Waals surface area contributed by atoms with E-state index in [1.54, 1.807) is 0 Å². The number of alkyl halides is 1. The quantitative estimate of drug-likeness (QED) is 0.548. The molecule has 2 heteroatoms. The third kappa shape index (κ3) is 6.95. The Hall–Kier alpha value is 0.950. The van der Waals surface area contributed by atoms with Gasteiger partial charge >= 0.3 is 0 Å². The summed E-state index contributed by atoms with van der Waals surface area (Å²) < 4.78 is 1.25. The van der Waals surface area contributed by atoms with Gasteiger partial charge in [0.1, 0.15) is 0 Å². The number of hydrogen-bond donors (Lipinski definition) is 0. The number of rotatable bonds is 3. The molecule has 0 nitrogen and oxygen atoms in total. The summed E-state index contributed by atoms with van der Waals surface area (Å²) >= 11 is 5.58. The van der Waals surface area contributed by atoms with Crippen molar-refractivity contribution in [3.05, 3.63) is 10.2 Å². The van der Waals surface area contributed by atoms with Crippen LogP contribution in [0.1, 0.15) is 12.8 Å². The monoisotopic (exact) mass is 274 g/mol. The van der Waals surface area contributed by atoms with Crippen LogP contribution >= 0.6 is 38.5 Å². The van der Waals surface area contributed by atoms with Crippen molar-refractivity contribution >= 4 is 38.5 Å². The summed E-state index contributed by atoms with van der Waals surface area (Å²) in [5.41, 5.74) is 0. The molecule has 0 aliphatic carbocycles. The van der Waals surface area contributed by atoms with Crippen LogP contribution in [0.4, 0.5) is 0 Å². The molecule has 7 heavy (non-hydrogen) atoms. The van der Waals surface area contributed by atoms with Gasteiger partial charge in [-0.25, -0.2) is 0 Å². The van der Waals surface area contributed by atoms with E-state index in [4.69, 9.17) is 0 Å². The summed E-state index contributed by atoms with van der Waals surface area (Å²) in [7, 11) is 0. The van der Waals surface area contributed by atoms with Gasteiger partial charge in [-0.05, 0) is 39.0 Å². The molecule has 0 atom stereocenters. The fourth-order valence-corrected chi connectivity index (χ4v) is 0.920. The maximum Gasteiger partial charge on any atom is 0.00346 e. The molecule has 42 valence electrons. The Kier molecular flexibility index (Phi) is 5.79. The predicted molar refractivity (Wildman–Crippen MR) is 46.2 cm³/mol. The van der Waals surface area contributed by atoms with E-state index in [0.29, 0.717) is 0 Å². The third-order valence-corrected chi connectivity index (χ3v) is 1.68. The van der Waals surface area contributed by atoms with Gasteiger partial charge in [-0.1, -0.05) is 22.5 Å². The van der Waals surface area contributed by atoms with Crippen LogP contribution in [0, 0.1) is 0 Å². The Morgan fingerprint density at radius 2 is 2.29 bits per heavy atom. The number of halogens is 2. The smallest absolute Gasteiger partial charge is 0.00346 e. The highest BCUT2D eigenvalue weighted by Gasteiger charge is 1.83. The molecule has 0 aliphatic rings. The fraction of sp³-hybridized carbons (Fsp3) is 0.600. The van der Waals surface area contributed by atoms with Gasteiger partial charge in [0, 0.05) is 5.33 Å². The summed E-state index contributed by atoms with van der Waals surface area (Å²) in [4.78, 5) is 0. The van der Waals surface area contributed by atoms with Gasteiger partial charge < -0.3 is 0 Å². The second-order valence-corrected chi connectivity index (χ2v) is 3.63. The highest BCUT2D eigenvalue weighted by atomic mass is 127. The normalized spacial score (nSPS) is 8.86. The maximum absolute atomic E-state index is 3.76. The number of allylic oxidation sites excluding steroid dienone is 1. The van der Waals surface area contributed by atoms with Gasteiger partial charge in [0.15, 0.2) is 0 Å². The Labute approximate surface area is 66.6 Å². The van der Waals surface area contributed by atoms with Crippen LogP contribution in [0.15, 0.2) is 10.2 Å². The standard InChI is InChI=1S/C5H8BrI/c1-5(7)3-2-4-6/h1-4H2. The predicted octanol–water partition coefficient (Wildman–Crippen LogP) is 3.11. The number of hydrogen-bond acceptors (Lipinski definition) is 0. The molecule has 0 fully saturated rings. The zero-order chi connectivity index (χ0) is 5.70. The van der Waals surface area contributed by atoms with E-state index >= 15 is 0 Å². The molecule has 0 bridgehead atoms. The maximum atomic E-state index is 3.76. The molecular formula is C5H8BrI. The van der Waals surface area contributed by atoms with E-state index in [1.165, 1.54) is 10.0 Å². The summed E-state index contributed by atoms with van der Waals surface area (Å²) in [6.07, 6.45) is 2.35. The van der Waals surface area contributed by atoms with E-state index < -0.39 is 0 Å². The Morgan fingerprint density at radius 1 is 1.71 bits per heavy atom. The van der Waals surface area contributed by atoms with Crippen LogP contribution in [0.2, 0.25) is 0 Å². The highest BCUT2D eigenvalue weighted by molar-refractivity contribution is 14.1. The first-order valence-corrected chi connectivity index (χ1v) is 4.36. The molecule has 0 spiro atoms.